The molecule has 0 fully saturated rings. The molecule has 0 radical (unpaired) electrons. The van der Waals surface area contributed by atoms with Crippen LogP contribution in [-0.2, 0) is 9.53 Å². The summed E-state index contributed by atoms with van der Waals surface area (Å²) < 4.78 is 15.6. The minimum absolute atomic E-state index is 0.119. The van der Waals surface area contributed by atoms with Crippen LogP contribution in [0, 0.1) is 16.0 Å². The molecule has 0 spiro atoms. The predicted octanol–water partition coefficient (Wildman–Crippen LogP) is 3.43. The molecule has 2 aromatic rings. The Kier molecular flexibility index (Phi) is 7.53. The highest BCUT2D eigenvalue weighted by Crippen LogP contribution is 2.28. The number of hydrogen-bond acceptors (Lipinski definition) is 7. The lowest BCUT2D eigenvalue weighted by Gasteiger charge is -2.11. The Bertz CT molecular complexity index is 896. The highest BCUT2D eigenvalue weighted by atomic mass is 16.6. The molecule has 0 saturated carbocycles. The van der Waals surface area contributed by atoms with Gasteiger partial charge in [0.25, 0.3) is 11.6 Å². The zero-order chi connectivity index (χ0) is 21.4. The largest absolute Gasteiger partial charge is 0.494 e. The summed E-state index contributed by atoms with van der Waals surface area (Å²) >= 11 is 0. The van der Waals surface area contributed by atoms with E-state index in [0.29, 0.717) is 18.3 Å². The molecule has 0 aliphatic carbocycles. The van der Waals surface area contributed by atoms with Gasteiger partial charge < -0.3 is 19.5 Å². The van der Waals surface area contributed by atoms with Gasteiger partial charge in [-0.05, 0) is 30.2 Å². The van der Waals surface area contributed by atoms with Crippen molar-refractivity contribution in [3.05, 3.63) is 58.1 Å². The molecule has 0 bridgehead atoms. The number of nitrogens with one attached hydrogen (secondary N) is 1. The molecule has 0 unspecified atom stereocenters. The van der Waals surface area contributed by atoms with E-state index in [0.717, 1.165) is 0 Å². The Balaban J connectivity index is 1.95. The lowest BCUT2D eigenvalue weighted by atomic mass is 10.2. The summed E-state index contributed by atoms with van der Waals surface area (Å²) in [4.78, 5) is 34.5. The van der Waals surface area contributed by atoms with Crippen LogP contribution in [0.15, 0.2) is 42.5 Å². The molecule has 0 aliphatic heterocycles. The van der Waals surface area contributed by atoms with Gasteiger partial charge in [-0.3, -0.25) is 14.9 Å². The van der Waals surface area contributed by atoms with E-state index in [9.17, 15) is 19.7 Å². The van der Waals surface area contributed by atoms with Gasteiger partial charge in [0.1, 0.15) is 11.5 Å². The quantitative estimate of drug-likeness (QED) is 0.388. The topological polar surface area (TPSA) is 117 Å². The lowest BCUT2D eigenvalue weighted by Crippen LogP contribution is -2.21. The molecule has 2 aromatic carbocycles. The third-order valence-electron chi connectivity index (χ3n) is 3.66. The summed E-state index contributed by atoms with van der Waals surface area (Å²) in [5, 5.41) is 13.3. The molecular formula is C20H22N2O7. The summed E-state index contributed by atoms with van der Waals surface area (Å²) in [6.07, 6.45) is 0. The van der Waals surface area contributed by atoms with E-state index in [4.69, 9.17) is 14.2 Å². The maximum atomic E-state index is 12.2. The van der Waals surface area contributed by atoms with E-state index in [1.54, 1.807) is 24.3 Å². The Labute approximate surface area is 167 Å². The Hall–Kier alpha value is -3.62. The number of anilines is 1. The van der Waals surface area contributed by atoms with Gasteiger partial charge in [0.15, 0.2) is 6.61 Å². The van der Waals surface area contributed by atoms with Gasteiger partial charge in [0.05, 0.1) is 36.0 Å². The van der Waals surface area contributed by atoms with Gasteiger partial charge in [-0.25, -0.2) is 4.79 Å². The molecule has 154 valence electrons. The standard InChI is InChI=1S/C20H22N2O7/c1-13(2)11-28-16-6-4-5-14(9-16)20(24)29-12-19(23)21-17-8-7-15(22(25)26)10-18(17)27-3/h4-10,13H,11-12H2,1-3H3,(H,21,23). The SMILES string of the molecule is COc1cc([N+](=O)[O-])ccc1NC(=O)COC(=O)c1cccc(OCC(C)C)c1. The highest BCUT2D eigenvalue weighted by Gasteiger charge is 2.15. The minimum Gasteiger partial charge on any atom is -0.494 e. The molecule has 0 aromatic heterocycles. The van der Waals surface area contributed by atoms with Crippen molar-refractivity contribution in [3.8, 4) is 11.5 Å². The Morgan fingerprint density at radius 3 is 2.59 bits per heavy atom. The van der Waals surface area contributed by atoms with Gasteiger partial charge in [-0.15, -0.1) is 0 Å². The molecular weight excluding hydrogens is 380 g/mol. The van der Waals surface area contributed by atoms with Crippen molar-refractivity contribution in [2.24, 2.45) is 5.92 Å². The van der Waals surface area contributed by atoms with Crippen molar-refractivity contribution in [1.82, 2.24) is 0 Å². The molecule has 0 saturated heterocycles. The molecule has 0 aliphatic rings. The molecule has 9 nitrogen and oxygen atoms in total. The zero-order valence-corrected chi connectivity index (χ0v) is 16.3. The molecule has 2 rings (SSSR count). The summed E-state index contributed by atoms with van der Waals surface area (Å²) in [6.45, 7) is 4.00. The fraction of sp³-hybridized carbons (Fsp3) is 0.300. The smallest absolute Gasteiger partial charge is 0.338 e. The van der Waals surface area contributed by atoms with E-state index in [1.165, 1.54) is 25.3 Å². The van der Waals surface area contributed by atoms with Crippen molar-refractivity contribution in [3.63, 3.8) is 0 Å². The number of rotatable bonds is 9. The van der Waals surface area contributed by atoms with Crippen molar-refractivity contribution in [1.29, 1.82) is 0 Å². The van der Waals surface area contributed by atoms with Crippen molar-refractivity contribution >= 4 is 23.3 Å². The maximum absolute atomic E-state index is 12.2. The molecule has 29 heavy (non-hydrogen) atoms. The maximum Gasteiger partial charge on any atom is 0.338 e. The minimum atomic E-state index is -0.675. The number of ether oxygens (including phenoxy) is 3. The average molecular weight is 402 g/mol. The van der Waals surface area contributed by atoms with Crippen LogP contribution in [0.4, 0.5) is 11.4 Å². The van der Waals surface area contributed by atoms with Crippen LogP contribution in [-0.4, -0.2) is 37.1 Å². The van der Waals surface area contributed by atoms with Crippen LogP contribution < -0.4 is 14.8 Å². The molecule has 0 atom stereocenters. The molecule has 1 N–H and O–H groups in total. The average Bonchev–Trinajstić information content (AvgIpc) is 2.70. The summed E-state index contributed by atoms with van der Waals surface area (Å²) in [5.74, 6) is -0.295. The predicted molar refractivity (Wildman–Crippen MR) is 105 cm³/mol. The fourth-order valence-corrected chi connectivity index (χ4v) is 2.27. The van der Waals surface area contributed by atoms with Gasteiger partial charge in [0.2, 0.25) is 0 Å². The number of nitro groups is 1. The molecule has 1 amide bonds. The first-order chi connectivity index (χ1) is 13.8. The number of nitro benzene ring substituents is 1. The number of carbonyl (C=O) groups is 2. The van der Waals surface area contributed by atoms with Crippen molar-refractivity contribution in [2.45, 2.75) is 13.8 Å². The van der Waals surface area contributed by atoms with Gasteiger partial charge in [-0.1, -0.05) is 19.9 Å². The van der Waals surface area contributed by atoms with Crippen LogP contribution >= 0.6 is 0 Å². The number of carbonyl (C=O) groups excluding carboxylic acids is 2. The number of nitrogens with zero attached hydrogens (tertiary/aromatic N) is 1. The number of methoxy groups -OCH3 is 1. The van der Waals surface area contributed by atoms with Crippen LogP contribution in [0.5, 0.6) is 11.5 Å². The first-order valence-electron chi connectivity index (χ1n) is 8.82. The normalized spacial score (nSPS) is 10.3. The van der Waals surface area contributed by atoms with Crippen molar-refractivity contribution < 1.29 is 28.7 Å². The van der Waals surface area contributed by atoms with E-state index in [-0.39, 0.29) is 22.7 Å². The number of hydrogen-bond donors (Lipinski definition) is 1. The fourth-order valence-electron chi connectivity index (χ4n) is 2.27. The summed E-state index contributed by atoms with van der Waals surface area (Å²) in [7, 11) is 1.32. The van der Waals surface area contributed by atoms with E-state index in [1.807, 2.05) is 13.8 Å². The monoisotopic (exact) mass is 402 g/mol. The third-order valence-corrected chi connectivity index (χ3v) is 3.66. The van der Waals surface area contributed by atoms with Crippen molar-refractivity contribution in [2.75, 3.05) is 25.6 Å². The Morgan fingerprint density at radius 1 is 1.17 bits per heavy atom. The summed E-state index contributed by atoms with van der Waals surface area (Å²) in [6, 6.07) is 10.2. The molecule has 9 heteroatoms. The van der Waals surface area contributed by atoms with E-state index in [2.05, 4.69) is 5.32 Å². The number of amides is 1. The number of benzene rings is 2. The van der Waals surface area contributed by atoms with Crippen LogP contribution in [0.2, 0.25) is 0 Å². The van der Waals surface area contributed by atoms with Gasteiger partial charge in [0, 0.05) is 6.07 Å². The van der Waals surface area contributed by atoms with E-state index >= 15 is 0 Å². The third kappa shape index (κ3) is 6.49. The molecule has 0 heterocycles. The zero-order valence-electron chi connectivity index (χ0n) is 16.3. The van der Waals surface area contributed by atoms with Gasteiger partial charge in [-0.2, -0.15) is 0 Å². The highest BCUT2D eigenvalue weighted by molar-refractivity contribution is 5.96. The second kappa shape index (κ2) is 10.1. The number of non-ortho nitro benzene ring substituents is 1. The van der Waals surface area contributed by atoms with Gasteiger partial charge >= 0.3 is 5.97 Å². The number of esters is 1. The second-order valence-corrected chi connectivity index (χ2v) is 6.50. The van der Waals surface area contributed by atoms with E-state index < -0.39 is 23.4 Å². The Morgan fingerprint density at radius 2 is 1.93 bits per heavy atom. The summed E-state index contributed by atoms with van der Waals surface area (Å²) in [5.41, 5.74) is 0.307. The van der Waals surface area contributed by atoms with Crippen LogP contribution in [0.3, 0.4) is 0 Å². The first kappa shape index (κ1) is 21.7. The first-order valence-corrected chi connectivity index (χ1v) is 8.82. The van der Waals surface area contributed by atoms with Crippen LogP contribution in [0.1, 0.15) is 24.2 Å². The second-order valence-electron chi connectivity index (χ2n) is 6.50. The lowest BCUT2D eigenvalue weighted by molar-refractivity contribution is -0.384. The van der Waals surface area contributed by atoms with Crippen LogP contribution in [0.25, 0.3) is 0 Å².